The summed E-state index contributed by atoms with van der Waals surface area (Å²) in [5, 5.41) is 2.80. The highest BCUT2D eigenvalue weighted by Crippen LogP contribution is 2.21. The van der Waals surface area contributed by atoms with E-state index in [9.17, 15) is 14.4 Å². The summed E-state index contributed by atoms with van der Waals surface area (Å²) in [7, 11) is 0. The Kier molecular flexibility index (Phi) is 5.52. The van der Waals surface area contributed by atoms with Crippen LogP contribution < -0.4 is 10.2 Å². The number of benzene rings is 1. The van der Waals surface area contributed by atoms with E-state index in [2.05, 4.69) is 5.32 Å². The third-order valence-electron chi connectivity index (χ3n) is 3.42. The molecule has 2 amide bonds. The fourth-order valence-electron chi connectivity index (χ4n) is 2.41. The van der Waals surface area contributed by atoms with E-state index in [4.69, 9.17) is 4.74 Å². The number of rotatable bonds is 6. The molecule has 118 valence electrons. The number of nitrogens with zero attached hydrogens (tertiary/aromatic N) is 1. The van der Waals surface area contributed by atoms with E-state index >= 15 is 0 Å². The number of hydrogen-bond acceptors (Lipinski definition) is 4. The number of amides is 2. The molecule has 0 aromatic heterocycles. The first kappa shape index (κ1) is 16.0. The number of ether oxygens (including phenoxy) is 1. The number of anilines is 1. The number of para-hydroxylation sites is 1. The standard InChI is InChI=1S/C16H20N2O4/c1-2-22-16(21)9-8-14(19)17-12-10-15(20)18(11-12)13-6-4-3-5-7-13/h3-7,12H,2,8-11H2,1H3,(H,17,19). The summed E-state index contributed by atoms with van der Waals surface area (Å²) in [5.74, 6) is -0.631. The molecule has 6 nitrogen and oxygen atoms in total. The lowest BCUT2D eigenvalue weighted by Gasteiger charge is -2.17. The van der Waals surface area contributed by atoms with Crippen molar-refractivity contribution in [1.29, 1.82) is 0 Å². The molecule has 1 saturated heterocycles. The quantitative estimate of drug-likeness (QED) is 0.803. The number of esters is 1. The van der Waals surface area contributed by atoms with E-state index in [1.165, 1.54) is 0 Å². The molecule has 1 aliphatic heterocycles. The molecule has 0 bridgehead atoms. The summed E-state index contributed by atoms with van der Waals surface area (Å²) in [6.45, 7) is 2.48. The average molecular weight is 304 g/mol. The molecule has 22 heavy (non-hydrogen) atoms. The molecule has 1 atom stereocenters. The zero-order valence-corrected chi connectivity index (χ0v) is 12.6. The van der Waals surface area contributed by atoms with Crippen LogP contribution in [0.3, 0.4) is 0 Å². The van der Waals surface area contributed by atoms with E-state index in [0.29, 0.717) is 13.2 Å². The number of carbonyl (C=O) groups excluding carboxylic acids is 3. The third-order valence-corrected chi connectivity index (χ3v) is 3.42. The van der Waals surface area contributed by atoms with Crippen LogP contribution in [0.15, 0.2) is 30.3 Å². The molecular weight excluding hydrogens is 284 g/mol. The Morgan fingerprint density at radius 1 is 1.27 bits per heavy atom. The van der Waals surface area contributed by atoms with Crippen LogP contribution in [0.4, 0.5) is 5.69 Å². The molecule has 6 heteroatoms. The molecule has 0 radical (unpaired) electrons. The van der Waals surface area contributed by atoms with Crippen molar-refractivity contribution < 1.29 is 19.1 Å². The Morgan fingerprint density at radius 2 is 2.00 bits per heavy atom. The van der Waals surface area contributed by atoms with Gasteiger partial charge in [0.1, 0.15) is 0 Å². The lowest BCUT2D eigenvalue weighted by molar-refractivity contribution is -0.144. The molecule has 1 aliphatic rings. The SMILES string of the molecule is CCOC(=O)CCC(=O)NC1CC(=O)N(c2ccccc2)C1. The largest absolute Gasteiger partial charge is 0.466 e. The van der Waals surface area contributed by atoms with Crippen molar-refractivity contribution in [3.05, 3.63) is 30.3 Å². The molecule has 2 rings (SSSR count). The van der Waals surface area contributed by atoms with Gasteiger partial charge < -0.3 is 15.0 Å². The van der Waals surface area contributed by atoms with Gasteiger partial charge in [0.05, 0.1) is 19.1 Å². The Balaban J connectivity index is 1.81. The molecule has 0 saturated carbocycles. The monoisotopic (exact) mass is 304 g/mol. The van der Waals surface area contributed by atoms with Gasteiger partial charge in [0.25, 0.3) is 0 Å². The normalized spacial score (nSPS) is 17.4. The van der Waals surface area contributed by atoms with Gasteiger partial charge >= 0.3 is 5.97 Å². The minimum Gasteiger partial charge on any atom is -0.466 e. The van der Waals surface area contributed by atoms with Crippen LogP contribution in [0, 0.1) is 0 Å². The fourth-order valence-corrected chi connectivity index (χ4v) is 2.41. The van der Waals surface area contributed by atoms with Gasteiger partial charge in [-0.3, -0.25) is 14.4 Å². The highest BCUT2D eigenvalue weighted by atomic mass is 16.5. The Labute approximate surface area is 129 Å². The molecule has 1 fully saturated rings. The minimum atomic E-state index is -0.383. The summed E-state index contributed by atoms with van der Waals surface area (Å²) < 4.78 is 4.77. The molecule has 1 aromatic carbocycles. The molecule has 1 N–H and O–H groups in total. The first-order valence-corrected chi connectivity index (χ1v) is 7.40. The van der Waals surface area contributed by atoms with Crippen molar-refractivity contribution >= 4 is 23.5 Å². The lowest BCUT2D eigenvalue weighted by Crippen LogP contribution is -2.37. The summed E-state index contributed by atoms with van der Waals surface area (Å²) in [6.07, 6.45) is 0.414. The fraction of sp³-hybridized carbons (Fsp3) is 0.438. The summed E-state index contributed by atoms with van der Waals surface area (Å²) >= 11 is 0. The lowest BCUT2D eigenvalue weighted by atomic mass is 10.2. The van der Waals surface area contributed by atoms with Gasteiger partial charge in [-0.25, -0.2) is 0 Å². The highest BCUT2D eigenvalue weighted by Gasteiger charge is 2.31. The van der Waals surface area contributed by atoms with E-state index in [1.807, 2.05) is 30.3 Å². The van der Waals surface area contributed by atoms with Crippen LogP contribution >= 0.6 is 0 Å². The van der Waals surface area contributed by atoms with Crippen LogP contribution in [-0.2, 0) is 19.1 Å². The van der Waals surface area contributed by atoms with Gasteiger partial charge in [0.2, 0.25) is 11.8 Å². The highest BCUT2D eigenvalue weighted by molar-refractivity contribution is 5.96. The second-order valence-electron chi connectivity index (χ2n) is 5.11. The Hall–Kier alpha value is -2.37. The Bertz CT molecular complexity index is 544. The third kappa shape index (κ3) is 4.31. The van der Waals surface area contributed by atoms with Crippen LogP contribution in [0.5, 0.6) is 0 Å². The summed E-state index contributed by atoms with van der Waals surface area (Å²) in [4.78, 5) is 36.7. The van der Waals surface area contributed by atoms with Crippen molar-refractivity contribution in [2.75, 3.05) is 18.1 Å². The topological polar surface area (TPSA) is 75.7 Å². The molecule has 1 unspecified atom stereocenters. The number of nitrogens with one attached hydrogen (secondary N) is 1. The van der Waals surface area contributed by atoms with Gasteiger partial charge in [-0.2, -0.15) is 0 Å². The first-order valence-electron chi connectivity index (χ1n) is 7.40. The second kappa shape index (κ2) is 7.59. The van der Waals surface area contributed by atoms with E-state index in [-0.39, 0.29) is 43.1 Å². The maximum atomic E-state index is 12.0. The first-order chi connectivity index (χ1) is 10.6. The molecular formula is C16H20N2O4. The molecule has 1 heterocycles. The van der Waals surface area contributed by atoms with Gasteiger partial charge in [-0.1, -0.05) is 18.2 Å². The van der Waals surface area contributed by atoms with Gasteiger partial charge in [-0.05, 0) is 19.1 Å². The maximum Gasteiger partial charge on any atom is 0.306 e. The van der Waals surface area contributed by atoms with Gasteiger partial charge in [0.15, 0.2) is 0 Å². The van der Waals surface area contributed by atoms with E-state index in [0.717, 1.165) is 5.69 Å². The molecule has 0 aliphatic carbocycles. The maximum absolute atomic E-state index is 12.0. The van der Waals surface area contributed by atoms with Crippen LogP contribution in [0.25, 0.3) is 0 Å². The van der Waals surface area contributed by atoms with Crippen LogP contribution in [0.1, 0.15) is 26.2 Å². The van der Waals surface area contributed by atoms with Crippen molar-refractivity contribution in [1.82, 2.24) is 5.32 Å². The predicted octanol–water partition coefficient (Wildman–Crippen LogP) is 1.25. The Morgan fingerprint density at radius 3 is 2.68 bits per heavy atom. The number of carbonyl (C=O) groups is 3. The van der Waals surface area contributed by atoms with Crippen molar-refractivity contribution in [2.24, 2.45) is 0 Å². The molecule has 0 spiro atoms. The average Bonchev–Trinajstić information content (AvgIpc) is 2.87. The van der Waals surface area contributed by atoms with Crippen LogP contribution in [0.2, 0.25) is 0 Å². The van der Waals surface area contributed by atoms with E-state index < -0.39 is 0 Å². The smallest absolute Gasteiger partial charge is 0.306 e. The number of hydrogen-bond donors (Lipinski definition) is 1. The minimum absolute atomic E-state index is 0.0121. The predicted molar refractivity (Wildman–Crippen MR) is 81.2 cm³/mol. The summed E-state index contributed by atoms with van der Waals surface area (Å²) in [5.41, 5.74) is 0.829. The zero-order chi connectivity index (χ0) is 15.9. The van der Waals surface area contributed by atoms with Crippen molar-refractivity contribution in [3.63, 3.8) is 0 Å². The zero-order valence-electron chi connectivity index (χ0n) is 12.6. The van der Waals surface area contributed by atoms with Gasteiger partial charge in [0, 0.05) is 25.1 Å². The second-order valence-corrected chi connectivity index (χ2v) is 5.11. The molecule has 1 aromatic rings. The van der Waals surface area contributed by atoms with E-state index in [1.54, 1.807) is 11.8 Å². The van der Waals surface area contributed by atoms with Crippen molar-refractivity contribution in [2.45, 2.75) is 32.2 Å². The summed E-state index contributed by atoms with van der Waals surface area (Å²) in [6, 6.07) is 9.13. The van der Waals surface area contributed by atoms with Crippen molar-refractivity contribution in [3.8, 4) is 0 Å². The van der Waals surface area contributed by atoms with Gasteiger partial charge in [-0.15, -0.1) is 0 Å². The van der Waals surface area contributed by atoms with Crippen LogP contribution in [-0.4, -0.2) is 37.0 Å².